The van der Waals surface area contributed by atoms with Crippen LogP contribution in [-0.2, 0) is 15.4 Å². The Labute approximate surface area is 119 Å². The van der Waals surface area contributed by atoms with E-state index in [9.17, 15) is 13.2 Å². The van der Waals surface area contributed by atoms with Crippen LogP contribution in [0.1, 0.15) is 37.6 Å². The maximum atomic E-state index is 12.4. The van der Waals surface area contributed by atoms with Gasteiger partial charge in [0.2, 0.25) is 0 Å². The van der Waals surface area contributed by atoms with Crippen molar-refractivity contribution in [2.75, 3.05) is 18.6 Å². The van der Waals surface area contributed by atoms with Gasteiger partial charge < -0.3 is 4.90 Å². The van der Waals surface area contributed by atoms with Gasteiger partial charge in [-0.1, -0.05) is 0 Å². The van der Waals surface area contributed by atoms with Crippen molar-refractivity contribution >= 4 is 15.7 Å². The van der Waals surface area contributed by atoms with E-state index < -0.39 is 9.84 Å². The molecule has 1 aliphatic rings. The lowest BCUT2D eigenvalue weighted by atomic mass is 10.1. The van der Waals surface area contributed by atoms with Crippen LogP contribution in [0, 0.1) is 0 Å². The van der Waals surface area contributed by atoms with Gasteiger partial charge in [0.1, 0.15) is 0 Å². The van der Waals surface area contributed by atoms with Gasteiger partial charge in [-0.15, -0.1) is 0 Å². The van der Waals surface area contributed by atoms with Crippen LogP contribution in [0.15, 0.2) is 12.4 Å². The predicted octanol–water partition coefficient (Wildman–Crippen LogP) is 0.897. The normalized spacial score (nSPS) is 21.9. The quantitative estimate of drug-likeness (QED) is 0.813. The summed E-state index contributed by atoms with van der Waals surface area (Å²) < 4.78 is 24.7. The highest BCUT2D eigenvalue weighted by Crippen LogP contribution is 2.19. The second-order valence-corrected chi connectivity index (χ2v) is 8.55. The molecule has 1 fully saturated rings. The molecule has 1 aromatic rings. The Bertz CT molecular complexity index is 613. The molecule has 1 aromatic heterocycles. The van der Waals surface area contributed by atoms with Gasteiger partial charge in [-0.2, -0.15) is 5.10 Å². The monoisotopic (exact) mass is 299 g/mol. The van der Waals surface area contributed by atoms with Crippen molar-refractivity contribution in [1.29, 1.82) is 0 Å². The van der Waals surface area contributed by atoms with Crippen LogP contribution < -0.4 is 0 Å². The number of aromatic nitrogens is 2. The molecule has 1 aliphatic heterocycles. The third kappa shape index (κ3) is 3.03. The molecule has 0 N–H and O–H groups in total. The van der Waals surface area contributed by atoms with Crippen molar-refractivity contribution in [1.82, 2.24) is 14.7 Å². The van der Waals surface area contributed by atoms with Crippen LogP contribution in [0.4, 0.5) is 0 Å². The van der Waals surface area contributed by atoms with Gasteiger partial charge in [0, 0.05) is 19.3 Å². The summed E-state index contributed by atoms with van der Waals surface area (Å²) in [6.45, 7) is 6.00. The molecule has 1 amide bonds. The molecule has 6 nitrogen and oxygen atoms in total. The topological polar surface area (TPSA) is 72.3 Å². The first-order valence-corrected chi connectivity index (χ1v) is 8.45. The molecular formula is C13H21N3O3S. The first kappa shape index (κ1) is 15.0. The van der Waals surface area contributed by atoms with Crippen LogP contribution in [-0.4, -0.2) is 53.6 Å². The molecule has 0 aliphatic carbocycles. The zero-order valence-electron chi connectivity index (χ0n) is 12.3. The Hall–Kier alpha value is -1.37. The summed E-state index contributed by atoms with van der Waals surface area (Å²) in [6.07, 6.45) is 3.76. The highest BCUT2D eigenvalue weighted by atomic mass is 32.2. The minimum Gasteiger partial charge on any atom is -0.338 e. The summed E-state index contributed by atoms with van der Waals surface area (Å²) in [7, 11) is -1.33. The first-order valence-electron chi connectivity index (χ1n) is 6.63. The van der Waals surface area contributed by atoms with E-state index in [2.05, 4.69) is 5.10 Å². The molecule has 1 unspecified atom stereocenters. The van der Waals surface area contributed by atoms with Crippen LogP contribution in [0.3, 0.4) is 0 Å². The lowest BCUT2D eigenvalue weighted by molar-refractivity contribution is 0.0747. The molecule has 2 heterocycles. The Morgan fingerprint density at radius 1 is 1.45 bits per heavy atom. The van der Waals surface area contributed by atoms with Crippen molar-refractivity contribution in [2.45, 2.75) is 38.8 Å². The Morgan fingerprint density at radius 3 is 2.55 bits per heavy atom. The van der Waals surface area contributed by atoms with Crippen molar-refractivity contribution in [3.8, 4) is 0 Å². The summed E-state index contributed by atoms with van der Waals surface area (Å²) in [5.74, 6) is 0.0433. The van der Waals surface area contributed by atoms with Crippen molar-refractivity contribution in [2.24, 2.45) is 0 Å². The molecule has 112 valence electrons. The summed E-state index contributed by atoms with van der Waals surface area (Å²) in [5.41, 5.74) is 0.306. The number of sulfone groups is 1. The minimum absolute atomic E-state index is 0.0582. The maximum absolute atomic E-state index is 12.4. The van der Waals surface area contributed by atoms with Gasteiger partial charge in [-0.05, 0) is 27.2 Å². The van der Waals surface area contributed by atoms with E-state index in [0.29, 0.717) is 12.0 Å². The van der Waals surface area contributed by atoms with E-state index in [1.807, 2.05) is 20.8 Å². The minimum atomic E-state index is -2.99. The van der Waals surface area contributed by atoms with Crippen LogP contribution in [0.2, 0.25) is 0 Å². The molecule has 2 rings (SSSR count). The van der Waals surface area contributed by atoms with Crippen molar-refractivity contribution in [3.63, 3.8) is 0 Å². The van der Waals surface area contributed by atoms with Crippen molar-refractivity contribution in [3.05, 3.63) is 18.0 Å². The van der Waals surface area contributed by atoms with E-state index in [1.165, 1.54) is 11.1 Å². The molecule has 0 bridgehead atoms. The number of carbonyl (C=O) groups is 1. The fraction of sp³-hybridized carbons (Fsp3) is 0.692. The molecule has 1 saturated heterocycles. The average Bonchev–Trinajstić information content (AvgIpc) is 2.92. The highest BCUT2D eigenvalue weighted by Gasteiger charge is 2.33. The molecule has 0 aromatic carbocycles. The second kappa shape index (κ2) is 4.87. The third-order valence-corrected chi connectivity index (χ3v) is 5.34. The van der Waals surface area contributed by atoms with Crippen LogP contribution in [0.5, 0.6) is 0 Å². The van der Waals surface area contributed by atoms with Gasteiger partial charge >= 0.3 is 0 Å². The highest BCUT2D eigenvalue weighted by molar-refractivity contribution is 7.91. The van der Waals surface area contributed by atoms with Gasteiger partial charge in [0.25, 0.3) is 5.91 Å². The van der Waals surface area contributed by atoms with E-state index in [0.717, 1.165) is 0 Å². The van der Waals surface area contributed by atoms with E-state index in [1.54, 1.807) is 17.9 Å². The summed E-state index contributed by atoms with van der Waals surface area (Å²) in [4.78, 5) is 13.9. The molecule has 0 radical (unpaired) electrons. The Morgan fingerprint density at radius 2 is 2.10 bits per heavy atom. The Kier molecular flexibility index (Phi) is 3.66. The summed E-state index contributed by atoms with van der Waals surface area (Å²) in [6, 6.07) is -0.231. The molecule has 0 spiro atoms. The number of nitrogens with zero attached hydrogens (tertiary/aromatic N) is 3. The summed E-state index contributed by atoms with van der Waals surface area (Å²) >= 11 is 0. The number of hydrogen-bond donors (Lipinski definition) is 0. The van der Waals surface area contributed by atoms with E-state index in [4.69, 9.17) is 0 Å². The fourth-order valence-corrected chi connectivity index (χ4v) is 4.02. The van der Waals surface area contributed by atoms with Crippen molar-refractivity contribution < 1.29 is 13.2 Å². The fourth-order valence-electron chi connectivity index (χ4n) is 2.25. The zero-order valence-corrected chi connectivity index (χ0v) is 13.1. The molecule has 1 atom stereocenters. The molecule has 0 saturated carbocycles. The number of amides is 1. The first-order chi connectivity index (χ1) is 9.10. The number of hydrogen-bond acceptors (Lipinski definition) is 4. The van der Waals surface area contributed by atoms with Crippen LogP contribution >= 0.6 is 0 Å². The van der Waals surface area contributed by atoms with Crippen LogP contribution in [0.25, 0.3) is 0 Å². The van der Waals surface area contributed by atoms with Gasteiger partial charge in [-0.3, -0.25) is 9.48 Å². The predicted molar refractivity (Wildman–Crippen MR) is 76.4 cm³/mol. The van der Waals surface area contributed by atoms with E-state index >= 15 is 0 Å². The Balaban J connectivity index is 2.14. The van der Waals surface area contributed by atoms with Gasteiger partial charge in [-0.25, -0.2) is 8.42 Å². The van der Waals surface area contributed by atoms with Gasteiger partial charge in [0.05, 0.1) is 28.8 Å². The van der Waals surface area contributed by atoms with E-state index in [-0.39, 0.29) is 29.0 Å². The van der Waals surface area contributed by atoms with Gasteiger partial charge in [0.15, 0.2) is 9.84 Å². The molecule has 20 heavy (non-hydrogen) atoms. The number of rotatable bonds is 2. The number of carbonyl (C=O) groups excluding carboxylic acids is 1. The smallest absolute Gasteiger partial charge is 0.257 e. The molecule has 7 heteroatoms. The maximum Gasteiger partial charge on any atom is 0.257 e. The largest absolute Gasteiger partial charge is 0.338 e. The molecular weight excluding hydrogens is 278 g/mol. The third-order valence-electron chi connectivity index (χ3n) is 3.59. The zero-order chi connectivity index (χ0) is 15.1. The second-order valence-electron chi connectivity index (χ2n) is 6.32. The standard InChI is InChI=1S/C13H21N3O3S/c1-13(2,3)16-8-10(7-14-16)12(17)15(4)11-5-6-20(18,19)9-11/h7-8,11H,5-6,9H2,1-4H3. The average molecular weight is 299 g/mol. The SMILES string of the molecule is CN(C(=O)c1cnn(C(C)(C)C)c1)C1CCS(=O)(=O)C1. The summed E-state index contributed by atoms with van der Waals surface area (Å²) in [5, 5.41) is 4.20. The lowest BCUT2D eigenvalue weighted by Gasteiger charge is -2.23. The lowest BCUT2D eigenvalue weighted by Crippen LogP contribution is -2.37.